The molecule has 0 amide bonds. The Morgan fingerprint density at radius 3 is 2.63 bits per heavy atom. The first-order valence-corrected chi connectivity index (χ1v) is 7.26. The number of aryl methyl sites for hydroxylation is 2. The van der Waals surface area contributed by atoms with Crippen molar-refractivity contribution in [3.63, 3.8) is 0 Å². The summed E-state index contributed by atoms with van der Waals surface area (Å²) in [4.78, 5) is 7.93. The van der Waals surface area contributed by atoms with E-state index in [0.717, 1.165) is 39.2 Å². The average Bonchev–Trinajstić information content (AvgIpc) is 2.80. The van der Waals surface area contributed by atoms with Crippen molar-refractivity contribution in [2.75, 3.05) is 0 Å². The highest BCUT2D eigenvalue weighted by molar-refractivity contribution is 9.10. The molecule has 1 aromatic heterocycles. The van der Waals surface area contributed by atoms with Crippen LogP contribution >= 0.6 is 27.5 Å². The summed E-state index contributed by atoms with van der Waals surface area (Å²) in [5, 5.41) is 0.775. The Balaban J connectivity index is 1.76. The fraction of sp³-hybridized carbons (Fsp3) is 0.133. The Morgan fingerprint density at radius 1 is 1.05 bits per heavy atom. The van der Waals surface area contributed by atoms with E-state index in [0.29, 0.717) is 0 Å². The lowest BCUT2D eigenvalue weighted by molar-refractivity contribution is 0.890. The molecule has 0 fully saturated rings. The maximum Gasteiger partial charge on any atom is 0.107 e. The first-order valence-electron chi connectivity index (χ1n) is 6.09. The molecule has 0 spiro atoms. The van der Waals surface area contributed by atoms with Crippen LogP contribution in [0.1, 0.15) is 11.4 Å². The van der Waals surface area contributed by atoms with E-state index in [1.54, 1.807) is 0 Å². The van der Waals surface area contributed by atoms with Gasteiger partial charge < -0.3 is 4.98 Å². The van der Waals surface area contributed by atoms with Crippen molar-refractivity contribution < 1.29 is 0 Å². The second kappa shape index (κ2) is 5.35. The zero-order valence-electron chi connectivity index (χ0n) is 10.2. The van der Waals surface area contributed by atoms with Crippen LogP contribution in [0.15, 0.2) is 46.9 Å². The van der Waals surface area contributed by atoms with Crippen molar-refractivity contribution in [2.45, 2.75) is 12.8 Å². The molecule has 4 heteroatoms. The molecule has 19 heavy (non-hydrogen) atoms. The Bertz CT molecular complexity index is 704. The predicted octanol–water partition coefficient (Wildman–Crippen LogP) is 4.76. The smallest absolute Gasteiger partial charge is 0.107 e. The summed E-state index contributed by atoms with van der Waals surface area (Å²) in [7, 11) is 0. The fourth-order valence-corrected chi connectivity index (χ4v) is 2.55. The Kier molecular flexibility index (Phi) is 3.58. The second-order valence-electron chi connectivity index (χ2n) is 4.47. The van der Waals surface area contributed by atoms with E-state index in [1.165, 1.54) is 5.56 Å². The molecule has 0 aliphatic rings. The van der Waals surface area contributed by atoms with Gasteiger partial charge in [0.1, 0.15) is 5.82 Å². The van der Waals surface area contributed by atoms with Gasteiger partial charge in [-0.3, -0.25) is 0 Å². The molecule has 2 nitrogen and oxygen atoms in total. The van der Waals surface area contributed by atoms with E-state index in [-0.39, 0.29) is 0 Å². The molecule has 0 bridgehead atoms. The lowest BCUT2D eigenvalue weighted by Gasteiger charge is -1.99. The Labute approximate surface area is 124 Å². The molecule has 3 aromatic rings. The van der Waals surface area contributed by atoms with E-state index in [1.807, 2.05) is 30.3 Å². The number of nitrogens with zero attached hydrogens (tertiary/aromatic N) is 1. The summed E-state index contributed by atoms with van der Waals surface area (Å²) < 4.78 is 1.06. The third-order valence-corrected chi connectivity index (χ3v) is 3.80. The summed E-state index contributed by atoms with van der Waals surface area (Å²) >= 11 is 9.34. The van der Waals surface area contributed by atoms with Crippen molar-refractivity contribution >= 4 is 38.6 Å². The van der Waals surface area contributed by atoms with Gasteiger partial charge in [0, 0.05) is 15.9 Å². The molecule has 0 aliphatic heterocycles. The molecule has 0 atom stereocenters. The van der Waals surface area contributed by atoms with Gasteiger partial charge in [0.2, 0.25) is 0 Å². The molecular formula is C15H12BrClN2. The molecule has 0 aliphatic carbocycles. The minimum Gasteiger partial charge on any atom is -0.342 e. The van der Waals surface area contributed by atoms with Crippen molar-refractivity contribution in [3.8, 4) is 0 Å². The number of benzene rings is 2. The average molecular weight is 336 g/mol. The van der Waals surface area contributed by atoms with Gasteiger partial charge in [0.25, 0.3) is 0 Å². The lowest BCUT2D eigenvalue weighted by atomic mass is 10.1. The van der Waals surface area contributed by atoms with Gasteiger partial charge in [-0.2, -0.15) is 0 Å². The van der Waals surface area contributed by atoms with Crippen LogP contribution in [0.25, 0.3) is 11.0 Å². The molecular weight excluding hydrogens is 324 g/mol. The first-order chi connectivity index (χ1) is 9.20. The molecule has 0 saturated carbocycles. The van der Waals surface area contributed by atoms with Crippen LogP contribution in [0, 0.1) is 0 Å². The lowest BCUT2D eigenvalue weighted by Crippen LogP contribution is -1.93. The number of aromatic amines is 1. The van der Waals surface area contributed by atoms with E-state index in [2.05, 4.69) is 38.0 Å². The van der Waals surface area contributed by atoms with Crippen molar-refractivity contribution in [3.05, 3.63) is 63.3 Å². The minimum atomic E-state index is 0.775. The zero-order valence-corrected chi connectivity index (χ0v) is 12.5. The second-order valence-corrected chi connectivity index (χ2v) is 5.82. The van der Waals surface area contributed by atoms with Gasteiger partial charge in [-0.1, -0.05) is 39.7 Å². The number of nitrogens with one attached hydrogen (secondary N) is 1. The molecule has 0 radical (unpaired) electrons. The highest BCUT2D eigenvalue weighted by Crippen LogP contribution is 2.18. The van der Waals surface area contributed by atoms with E-state index < -0.39 is 0 Å². The number of rotatable bonds is 3. The van der Waals surface area contributed by atoms with Crippen LogP contribution in [0.2, 0.25) is 5.02 Å². The van der Waals surface area contributed by atoms with Crippen LogP contribution in [-0.4, -0.2) is 9.97 Å². The maximum atomic E-state index is 5.87. The van der Waals surface area contributed by atoms with Gasteiger partial charge >= 0.3 is 0 Å². The highest BCUT2D eigenvalue weighted by atomic mass is 79.9. The van der Waals surface area contributed by atoms with E-state index in [4.69, 9.17) is 11.6 Å². The van der Waals surface area contributed by atoms with Gasteiger partial charge in [0.05, 0.1) is 11.0 Å². The van der Waals surface area contributed by atoms with E-state index in [9.17, 15) is 0 Å². The number of hydrogen-bond donors (Lipinski definition) is 1. The van der Waals surface area contributed by atoms with Gasteiger partial charge in [-0.25, -0.2) is 4.98 Å². The standard InChI is InChI=1S/C15H12BrClN2/c16-11-4-7-13-14(9-11)19-15(18-13)8-3-10-1-5-12(17)6-2-10/h1-2,4-7,9H,3,8H2,(H,18,19). The fourth-order valence-electron chi connectivity index (χ4n) is 2.07. The zero-order chi connectivity index (χ0) is 13.2. The summed E-state index contributed by atoms with van der Waals surface area (Å²) in [5.41, 5.74) is 3.35. The summed E-state index contributed by atoms with van der Waals surface area (Å²) in [6, 6.07) is 14.0. The number of imidazole rings is 1. The normalized spacial score (nSPS) is 11.1. The topological polar surface area (TPSA) is 28.7 Å². The molecule has 2 aromatic carbocycles. The van der Waals surface area contributed by atoms with Crippen molar-refractivity contribution in [2.24, 2.45) is 0 Å². The number of fused-ring (bicyclic) bond motifs is 1. The molecule has 96 valence electrons. The van der Waals surface area contributed by atoms with Crippen LogP contribution in [0.5, 0.6) is 0 Å². The molecule has 1 N–H and O–H groups in total. The number of aromatic nitrogens is 2. The quantitative estimate of drug-likeness (QED) is 0.734. The third-order valence-electron chi connectivity index (χ3n) is 3.06. The predicted molar refractivity (Wildman–Crippen MR) is 82.7 cm³/mol. The molecule has 0 saturated heterocycles. The van der Waals surface area contributed by atoms with Crippen LogP contribution < -0.4 is 0 Å². The third kappa shape index (κ3) is 2.99. The van der Waals surface area contributed by atoms with E-state index >= 15 is 0 Å². The van der Waals surface area contributed by atoms with Gasteiger partial charge in [-0.15, -0.1) is 0 Å². The SMILES string of the molecule is Clc1ccc(CCc2nc3ccc(Br)cc3[nH]2)cc1. The van der Waals surface area contributed by atoms with Gasteiger partial charge in [-0.05, 0) is 42.3 Å². The summed E-state index contributed by atoms with van der Waals surface area (Å²) in [6.07, 6.45) is 1.85. The van der Waals surface area contributed by atoms with Crippen LogP contribution in [0.4, 0.5) is 0 Å². The highest BCUT2D eigenvalue weighted by Gasteiger charge is 2.03. The molecule has 1 heterocycles. The minimum absolute atomic E-state index is 0.775. The largest absolute Gasteiger partial charge is 0.342 e. The molecule has 3 rings (SSSR count). The number of H-pyrrole nitrogens is 1. The summed E-state index contributed by atoms with van der Waals surface area (Å²) in [6.45, 7) is 0. The number of halogens is 2. The van der Waals surface area contributed by atoms with Crippen LogP contribution in [0.3, 0.4) is 0 Å². The monoisotopic (exact) mass is 334 g/mol. The van der Waals surface area contributed by atoms with Gasteiger partial charge in [0.15, 0.2) is 0 Å². The number of hydrogen-bond acceptors (Lipinski definition) is 1. The summed E-state index contributed by atoms with van der Waals surface area (Å²) in [5.74, 6) is 1.02. The first kappa shape index (κ1) is 12.7. The molecule has 0 unspecified atom stereocenters. The van der Waals surface area contributed by atoms with Crippen molar-refractivity contribution in [1.82, 2.24) is 9.97 Å². The van der Waals surface area contributed by atoms with Crippen LogP contribution in [-0.2, 0) is 12.8 Å². The maximum absolute atomic E-state index is 5.87. The van der Waals surface area contributed by atoms with Crippen molar-refractivity contribution in [1.29, 1.82) is 0 Å². The Hall–Kier alpha value is -1.32. The Morgan fingerprint density at radius 2 is 1.84 bits per heavy atom.